The molecule has 3 nitrogen and oxygen atoms in total. The van der Waals surface area contributed by atoms with Gasteiger partial charge >= 0.3 is 0 Å². The van der Waals surface area contributed by atoms with Crippen molar-refractivity contribution in [3.8, 4) is 17.3 Å². The summed E-state index contributed by atoms with van der Waals surface area (Å²) in [5.41, 5.74) is 2.43. The molecule has 0 bridgehead atoms. The van der Waals surface area contributed by atoms with Crippen LogP contribution in [0, 0.1) is 11.3 Å². The fraction of sp³-hybridized carbons (Fsp3) is 0.231. The zero-order valence-electron chi connectivity index (χ0n) is 9.68. The van der Waals surface area contributed by atoms with E-state index in [0.717, 1.165) is 11.3 Å². The smallest absolute Gasteiger partial charge is 0.0992 e. The van der Waals surface area contributed by atoms with E-state index >= 15 is 0 Å². The molecule has 0 aliphatic heterocycles. The third kappa shape index (κ3) is 2.17. The molecule has 0 spiro atoms. The molecule has 0 amide bonds. The maximum absolute atomic E-state index is 8.80. The number of nitrogens with zero attached hydrogens (tertiary/aromatic N) is 3. The van der Waals surface area contributed by atoms with E-state index in [1.54, 1.807) is 18.3 Å². The van der Waals surface area contributed by atoms with Crippen molar-refractivity contribution in [1.82, 2.24) is 9.78 Å². The van der Waals surface area contributed by atoms with Gasteiger partial charge in [-0.1, -0.05) is 17.7 Å². The van der Waals surface area contributed by atoms with Gasteiger partial charge in [-0.3, -0.25) is 4.68 Å². The molecule has 0 N–H and O–H groups in total. The first kappa shape index (κ1) is 11.7. The van der Waals surface area contributed by atoms with Gasteiger partial charge in [0.1, 0.15) is 0 Å². The number of benzene rings is 1. The third-order valence-electron chi connectivity index (χ3n) is 2.53. The van der Waals surface area contributed by atoms with Gasteiger partial charge < -0.3 is 0 Å². The highest BCUT2D eigenvalue weighted by Gasteiger charge is 2.11. The Morgan fingerprint density at radius 3 is 2.71 bits per heavy atom. The van der Waals surface area contributed by atoms with E-state index in [0.29, 0.717) is 10.6 Å². The highest BCUT2D eigenvalue weighted by molar-refractivity contribution is 6.33. The molecule has 0 atom stereocenters. The first-order chi connectivity index (χ1) is 8.13. The fourth-order valence-electron chi connectivity index (χ4n) is 1.73. The van der Waals surface area contributed by atoms with Crippen LogP contribution in [0.1, 0.15) is 25.5 Å². The van der Waals surface area contributed by atoms with Crippen LogP contribution in [-0.2, 0) is 0 Å². The van der Waals surface area contributed by atoms with E-state index in [2.05, 4.69) is 25.0 Å². The molecular formula is C13H12ClN3. The topological polar surface area (TPSA) is 41.6 Å². The number of aromatic nitrogens is 2. The van der Waals surface area contributed by atoms with E-state index in [9.17, 15) is 0 Å². The van der Waals surface area contributed by atoms with E-state index in [-0.39, 0.29) is 6.04 Å². The Kier molecular flexibility index (Phi) is 3.16. The molecule has 2 rings (SSSR count). The Bertz CT molecular complexity index is 579. The van der Waals surface area contributed by atoms with Crippen LogP contribution >= 0.6 is 11.6 Å². The number of nitriles is 1. The highest BCUT2D eigenvalue weighted by atomic mass is 35.5. The van der Waals surface area contributed by atoms with Gasteiger partial charge in [0, 0.05) is 17.8 Å². The van der Waals surface area contributed by atoms with E-state index in [1.165, 1.54) is 0 Å². The molecular weight excluding hydrogens is 234 g/mol. The van der Waals surface area contributed by atoms with Crippen molar-refractivity contribution in [2.75, 3.05) is 0 Å². The van der Waals surface area contributed by atoms with Crippen LogP contribution in [0.2, 0.25) is 5.02 Å². The molecule has 0 aliphatic rings. The molecule has 1 heterocycles. The average molecular weight is 246 g/mol. The van der Waals surface area contributed by atoms with E-state index in [4.69, 9.17) is 16.9 Å². The van der Waals surface area contributed by atoms with Gasteiger partial charge in [0.05, 0.1) is 22.3 Å². The molecule has 0 aliphatic carbocycles. The summed E-state index contributed by atoms with van der Waals surface area (Å²) in [6.07, 6.45) is 1.75. The standard InChI is InChI=1S/C13H12ClN3/c1-9(2)17-13(5-6-16-17)11-4-3-10(8-15)7-12(11)14/h3-7,9H,1-2H3. The van der Waals surface area contributed by atoms with Gasteiger partial charge in [0.25, 0.3) is 0 Å². The molecule has 2 aromatic rings. The Labute approximate surface area is 105 Å². The van der Waals surface area contributed by atoms with Gasteiger partial charge in [0.15, 0.2) is 0 Å². The lowest BCUT2D eigenvalue weighted by atomic mass is 10.1. The molecule has 86 valence electrons. The number of rotatable bonds is 2. The summed E-state index contributed by atoms with van der Waals surface area (Å²) in [6, 6.07) is 9.56. The summed E-state index contributed by atoms with van der Waals surface area (Å²) in [7, 11) is 0. The number of hydrogen-bond donors (Lipinski definition) is 0. The van der Waals surface area contributed by atoms with Crippen LogP contribution < -0.4 is 0 Å². The minimum Gasteiger partial charge on any atom is -0.262 e. The van der Waals surface area contributed by atoms with Crippen LogP contribution in [0.5, 0.6) is 0 Å². The zero-order valence-corrected chi connectivity index (χ0v) is 10.4. The fourth-order valence-corrected chi connectivity index (χ4v) is 2.01. The molecule has 0 fully saturated rings. The summed E-state index contributed by atoms with van der Waals surface area (Å²) >= 11 is 6.18. The lowest BCUT2D eigenvalue weighted by Gasteiger charge is -2.12. The van der Waals surface area contributed by atoms with Gasteiger partial charge in [-0.25, -0.2) is 0 Å². The molecule has 1 aromatic carbocycles. The summed E-state index contributed by atoms with van der Waals surface area (Å²) in [4.78, 5) is 0. The van der Waals surface area contributed by atoms with Crippen molar-refractivity contribution >= 4 is 11.6 Å². The van der Waals surface area contributed by atoms with Crippen molar-refractivity contribution in [2.45, 2.75) is 19.9 Å². The van der Waals surface area contributed by atoms with Crippen LogP contribution in [0.25, 0.3) is 11.3 Å². The Balaban J connectivity index is 2.54. The van der Waals surface area contributed by atoms with Crippen molar-refractivity contribution in [2.24, 2.45) is 0 Å². The van der Waals surface area contributed by atoms with Crippen LogP contribution in [-0.4, -0.2) is 9.78 Å². The molecule has 17 heavy (non-hydrogen) atoms. The summed E-state index contributed by atoms with van der Waals surface area (Å²) in [5.74, 6) is 0. The first-order valence-electron chi connectivity index (χ1n) is 5.37. The number of halogens is 1. The maximum atomic E-state index is 8.80. The number of hydrogen-bond acceptors (Lipinski definition) is 2. The van der Waals surface area contributed by atoms with Crippen molar-refractivity contribution in [3.63, 3.8) is 0 Å². The van der Waals surface area contributed by atoms with E-state index < -0.39 is 0 Å². The van der Waals surface area contributed by atoms with Crippen molar-refractivity contribution in [1.29, 1.82) is 5.26 Å². The zero-order chi connectivity index (χ0) is 12.4. The molecule has 0 radical (unpaired) electrons. The maximum Gasteiger partial charge on any atom is 0.0992 e. The molecule has 0 saturated carbocycles. The Morgan fingerprint density at radius 1 is 1.35 bits per heavy atom. The van der Waals surface area contributed by atoms with Gasteiger partial charge in [0.2, 0.25) is 0 Å². The van der Waals surface area contributed by atoms with Gasteiger partial charge in [-0.2, -0.15) is 10.4 Å². The normalized spacial score (nSPS) is 10.5. The predicted molar refractivity (Wildman–Crippen MR) is 67.8 cm³/mol. The molecule has 0 unspecified atom stereocenters. The third-order valence-corrected chi connectivity index (χ3v) is 2.85. The SMILES string of the molecule is CC(C)n1nccc1-c1ccc(C#N)cc1Cl. The monoisotopic (exact) mass is 245 g/mol. The lowest BCUT2D eigenvalue weighted by molar-refractivity contribution is 0.538. The predicted octanol–water partition coefficient (Wildman–Crippen LogP) is 3.66. The Morgan fingerprint density at radius 2 is 2.12 bits per heavy atom. The average Bonchev–Trinajstić information content (AvgIpc) is 2.77. The molecule has 4 heteroatoms. The minimum atomic E-state index is 0.270. The second kappa shape index (κ2) is 4.60. The second-order valence-electron chi connectivity index (χ2n) is 4.06. The highest BCUT2D eigenvalue weighted by Crippen LogP contribution is 2.29. The minimum absolute atomic E-state index is 0.270. The van der Waals surface area contributed by atoms with E-state index in [1.807, 2.05) is 16.8 Å². The first-order valence-corrected chi connectivity index (χ1v) is 5.75. The van der Waals surface area contributed by atoms with Gasteiger partial charge in [-0.05, 0) is 32.0 Å². The van der Waals surface area contributed by atoms with Crippen LogP contribution in [0.15, 0.2) is 30.5 Å². The summed E-state index contributed by atoms with van der Waals surface area (Å²) in [5, 5.41) is 13.6. The summed E-state index contributed by atoms with van der Waals surface area (Å²) < 4.78 is 1.91. The largest absolute Gasteiger partial charge is 0.262 e. The summed E-state index contributed by atoms with van der Waals surface area (Å²) in [6.45, 7) is 4.13. The van der Waals surface area contributed by atoms with Crippen LogP contribution in [0.4, 0.5) is 0 Å². The molecule has 0 saturated heterocycles. The van der Waals surface area contributed by atoms with Gasteiger partial charge in [-0.15, -0.1) is 0 Å². The van der Waals surface area contributed by atoms with Crippen LogP contribution in [0.3, 0.4) is 0 Å². The second-order valence-corrected chi connectivity index (χ2v) is 4.47. The van der Waals surface area contributed by atoms with Crippen molar-refractivity contribution < 1.29 is 0 Å². The quantitative estimate of drug-likeness (QED) is 0.810. The Hall–Kier alpha value is -1.79. The molecule has 1 aromatic heterocycles. The lowest BCUT2D eigenvalue weighted by Crippen LogP contribution is -2.04. The van der Waals surface area contributed by atoms with Crippen molar-refractivity contribution in [3.05, 3.63) is 41.0 Å².